The van der Waals surface area contributed by atoms with E-state index in [9.17, 15) is 8.78 Å². The molecule has 2 rings (SSSR count). The van der Waals surface area contributed by atoms with Crippen LogP contribution in [0.25, 0.3) is 0 Å². The van der Waals surface area contributed by atoms with Gasteiger partial charge in [-0.15, -0.1) is 11.8 Å². The van der Waals surface area contributed by atoms with Gasteiger partial charge in [-0.3, -0.25) is 0 Å². The second-order valence-electron chi connectivity index (χ2n) is 4.15. The van der Waals surface area contributed by atoms with E-state index in [-0.39, 0.29) is 15.8 Å². The summed E-state index contributed by atoms with van der Waals surface area (Å²) < 4.78 is 27.7. The van der Waals surface area contributed by atoms with Crippen molar-refractivity contribution in [3.05, 3.63) is 57.6 Å². The number of anilines is 1. The highest BCUT2D eigenvalue weighted by molar-refractivity contribution is 9.10. The first-order valence-electron chi connectivity index (χ1n) is 5.60. The fourth-order valence-corrected chi connectivity index (χ4v) is 2.98. The van der Waals surface area contributed by atoms with Gasteiger partial charge in [0.15, 0.2) is 0 Å². The minimum absolute atomic E-state index is 0.0550. The van der Waals surface area contributed by atoms with E-state index < -0.39 is 11.6 Å². The Kier molecular flexibility index (Phi) is 4.47. The highest BCUT2D eigenvalue weighted by Crippen LogP contribution is 2.32. The van der Waals surface area contributed by atoms with Gasteiger partial charge in [-0.25, -0.2) is 8.78 Å². The summed E-state index contributed by atoms with van der Waals surface area (Å²) in [4.78, 5) is 0.823. The second-order valence-corrected chi connectivity index (χ2v) is 6.02. The van der Waals surface area contributed by atoms with Crippen LogP contribution in [0.1, 0.15) is 11.1 Å². The largest absolute Gasteiger partial charge is 0.398 e. The van der Waals surface area contributed by atoms with E-state index in [4.69, 9.17) is 5.73 Å². The fourth-order valence-electron chi connectivity index (χ4n) is 1.65. The quantitative estimate of drug-likeness (QED) is 0.486. The third-order valence-corrected chi connectivity index (χ3v) is 4.40. The molecule has 0 fully saturated rings. The standard InChI is InChI=1S/C14H12BrF2NS/c1-8-2-5-13(12(18)6-8)19-7-9-11(16)4-3-10(15)14(9)17/h2-6H,7,18H2,1H3. The van der Waals surface area contributed by atoms with E-state index in [1.807, 2.05) is 25.1 Å². The van der Waals surface area contributed by atoms with Gasteiger partial charge in [0.2, 0.25) is 0 Å². The molecule has 0 aliphatic carbocycles. The molecule has 0 aliphatic rings. The monoisotopic (exact) mass is 343 g/mol. The van der Waals surface area contributed by atoms with Gasteiger partial charge in [-0.2, -0.15) is 0 Å². The van der Waals surface area contributed by atoms with Crippen molar-refractivity contribution in [2.24, 2.45) is 0 Å². The van der Waals surface area contributed by atoms with Crippen LogP contribution in [-0.4, -0.2) is 0 Å². The van der Waals surface area contributed by atoms with Crippen LogP contribution in [0.3, 0.4) is 0 Å². The third kappa shape index (κ3) is 3.28. The number of hydrogen-bond acceptors (Lipinski definition) is 2. The number of aryl methyl sites for hydroxylation is 1. The summed E-state index contributed by atoms with van der Waals surface area (Å²) in [6, 6.07) is 8.24. The van der Waals surface area contributed by atoms with E-state index >= 15 is 0 Å². The first-order valence-corrected chi connectivity index (χ1v) is 7.38. The molecule has 2 aromatic carbocycles. The molecule has 0 heterocycles. The van der Waals surface area contributed by atoms with E-state index in [1.54, 1.807) is 0 Å². The normalized spacial score (nSPS) is 10.7. The summed E-state index contributed by atoms with van der Waals surface area (Å²) in [5.74, 6) is -0.901. The molecule has 0 saturated carbocycles. The second kappa shape index (κ2) is 5.92. The zero-order valence-corrected chi connectivity index (χ0v) is 12.6. The summed E-state index contributed by atoms with van der Waals surface area (Å²) in [5.41, 5.74) is 7.61. The average molecular weight is 344 g/mol. The first kappa shape index (κ1) is 14.3. The number of nitrogens with two attached hydrogens (primary N) is 1. The van der Waals surface area contributed by atoms with Gasteiger partial charge < -0.3 is 5.73 Å². The van der Waals surface area contributed by atoms with E-state index in [0.717, 1.165) is 10.5 Å². The van der Waals surface area contributed by atoms with Gasteiger partial charge in [0, 0.05) is 21.9 Å². The molecule has 100 valence electrons. The Labute approximate surface area is 123 Å². The number of rotatable bonds is 3. The number of benzene rings is 2. The predicted molar refractivity (Wildman–Crippen MR) is 79.2 cm³/mol. The summed E-state index contributed by atoms with van der Waals surface area (Å²) in [7, 11) is 0. The Bertz CT molecular complexity index is 617. The molecule has 0 aromatic heterocycles. The van der Waals surface area contributed by atoms with Crippen LogP contribution >= 0.6 is 27.7 Å². The van der Waals surface area contributed by atoms with Gasteiger partial charge in [-0.1, -0.05) is 6.07 Å². The zero-order chi connectivity index (χ0) is 14.0. The Morgan fingerprint density at radius 1 is 1.21 bits per heavy atom. The van der Waals surface area contributed by atoms with Crippen LogP contribution in [0.2, 0.25) is 0 Å². The Morgan fingerprint density at radius 2 is 1.95 bits per heavy atom. The highest BCUT2D eigenvalue weighted by Gasteiger charge is 2.13. The third-order valence-electron chi connectivity index (χ3n) is 2.68. The summed E-state index contributed by atoms with van der Waals surface area (Å²) in [5, 5.41) is 0. The van der Waals surface area contributed by atoms with Crippen LogP contribution < -0.4 is 5.73 Å². The van der Waals surface area contributed by atoms with Gasteiger partial charge in [0.05, 0.1) is 4.47 Å². The van der Waals surface area contributed by atoms with Crippen LogP contribution in [-0.2, 0) is 5.75 Å². The van der Waals surface area contributed by atoms with E-state index in [2.05, 4.69) is 15.9 Å². The van der Waals surface area contributed by atoms with Crippen molar-refractivity contribution >= 4 is 33.4 Å². The van der Waals surface area contributed by atoms with Crippen LogP contribution in [0.5, 0.6) is 0 Å². The molecule has 0 aliphatic heterocycles. The van der Waals surface area contributed by atoms with E-state index in [0.29, 0.717) is 5.69 Å². The lowest BCUT2D eigenvalue weighted by Crippen LogP contribution is -1.96. The molecule has 0 amide bonds. The molecule has 0 unspecified atom stereocenters. The smallest absolute Gasteiger partial charge is 0.144 e. The summed E-state index contributed by atoms with van der Waals surface area (Å²) >= 11 is 4.37. The van der Waals surface area contributed by atoms with Crippen molar-refractivity contribution in [1.82, 2.24) is 0 Å². The molecule has 1 nitrogen and oxygen atoms in total. The molecule has 19 heavy (non-hydrogen) atoms. The van der Waals surface area contributed by atoms with Crippen LogP contribution in [0, 0.1) is 18.6 Å². The lowest BCUT2D eigenvalue weighted by molar-refractivity contribution is 0.562. The molecule has 0 radical (unpaired) electrons. The van der Waals surface area contributed by atoms with Gasteiger partial charge in [0.1, 0.15) is 11.6 Å². The first-order chi connectivity index (χ1) is 8.99. The van der Waals surface area contributed by atoms with Gasteiger partial charge in [-0.05, 0) is 52.7 Å². The minimum atomic E-state index is -0.557. The molecule has 5 heteroatoms. The average Bonchev–Trinajstić information content (AvgIpc) is 2.36. The Hall–Kier alpha value is -1.07. The predicted octanol–water partition coefficient (Wildman–Crippen LogP) is 4.91. The minimum Gasteiger partial charge on any atom is -0.398 e. The van der Waals surface area contributed by atoms with Crippen LogP contribution in [0.4, 0.5) is 14.5 Å². The van der Waals surface area contributed by atoms with Crippen molar-refractivity contribution in [3.8, 4) is 0 Å². The lowest BCUT2D eigenvalue weighted by Gasteiger charge is -2.08. The van der Waals surface area contributed by atoms with Gasteiger partial charge in [0.25, 0.3) is 0 Å². The maximum Gasteiger partial charge on any atom is 0.144 e. The number of thioether (sulfide) groups is 1. The maximum atomic E-state index is 13.8. The molecular formula is C14H12BrF2NS. The topological polar surface area (TPSA) is 26.0 Å². The molecule has 0 saturated heterocycles. The summed E-state index contributed by atoms with van der Waals surface area (Å²) in [6.45, 7) is 1.94. The van der Waals surface area contributed by atoms with Crippen molar-refractivity contribution in [3.63, 3.8) is 0 Å². The number of hydrogen-bond donors (Lipinski definition) is 1. The van der Waals surface area contributed by atoms with Gasteiger partial charge >= 0.3 is 0 Å². The number of nitrogen functional groups attached to an aromatic ring is 1. The molecule has 0 atom stereocenters. The zero-order valence-electron chi connectivity index (χ0n) is 10.2. The molecule has 2 N–H and O–H groups in total. The van der Waals surface area contributed by atoms with Crippen molar-refractivity contribution in [1.29, 1.82) is 0 Å². The van der Waals surface area contributed by atoms with E-state index in [1.165, 1.54) is 23.9 Å². The maximum absolute atomic E-state index is 13.8. The van der Waals surface area contributed by atoms with Crippen molar-refractivity contribution in [2.75, 3.05) is 5.73 Å². The van der Waals surface area contributed by atoms with Crippen LogP contribution in [0.15, 0.2) is 39.7 Å². The Balaban J connectivity index is 2.21. The SMILES string of the molecule is Cc1ccc(SCc2c(F)ccc(Br)c2F)c(N)c1. The number of halogens is 3. The molecule has 2 aromatic rings. The van der Waals surface area contributed by atoms with Crippen molar-refractivity contribution in [2.45, 2.75) is 17.6 Å². The molecule has 0 bridgehead atoms. The lowest BCUT2D eigenvalue weighted by atomic mass is 10.2. The van der Waals surface area contributed by atoms with Crippen molar-refractivity contribution < 1.29 is 8.78 Å². The fraction of sp³-hybridized carbons (Fsp3) is 0.143. The Morgan fingerprint density at radius 3 is 2.63 bits per heavy atom. The molecule has 0 spiro atoms. The summed E-state index contributed by atoms with van der Waals surface area (Å²) in [6.07, 6.45) is 0. The highest BCUT2D eigenvalue weighted by atomic mass is 79.9. The molecular weight excluding hydrogens is 332 g/mol.